The molecule has 0 aromatic heterocycles. The molecule has 0 spiro atoms. The Kier molecular flexibility index (Phi) is 5.68. The molecule has 0 aliphatic heterocycles. The molecule has 3 nitrogen and oxygen atoms in total. The SMILES string of the molecule is C=CC(C)(C=CC1C(=C)CCC2C(C)(C(=O)O)CCCC12C)OCC. The normalized spacial score (nSPS) is 38.2. The lowest BCUT2D eigenvalue weighted by Crippen LogP contribution is -2.53. The van der Waals surface area contributed by atoms with E-state index in [4.69, 9.17) is 4.74 Å². The first-order valence-electron chi connectivity index (χ1n) is 9.51. The highest BCUT2D eigenvalue weighted by Crippen LogP contribution is 2.61. The molecule has 5 unspecified atom stereocenters. The second-order valence-electron chi connectivity index (χ2n) is 8.49. The van der Waals surface area contributed by atoms with Gasteiger partial charge in [-0.1, -0.05) is 50.3 Å². The van der Waals surface area contributed by atoms with Crippen molar-refractivity contribution in [3.8, 4) is 0 Å². The number of carboxylic acid groups (broad SMARTS) is 1. The Morgan fingerprint density at radius 3 is 2.68 bits per heavy atom. The summed E-state index contributed by atoms with van der Waals surface area (Å²) >= 11 is 0. The number of ether oxygens (including phenoxy) is 1. The van der Waals surface area contributed by atoms with E-state index >= 15 is 0 Å². The lowest BCUT2D eigenvalue weighted by atomic mass is 9.47. The minimum Gasteiger partial charge on any atom is -0.481 e. The topological polar surface area (TPSA) is 46.5 Å². The first kappa shape index (κ1) is 20.0. The van der Waals surface area contributed by atoms with Crippen molar-refractivity contribution in [1.29, 1.82) is 0 Å². The van der Waals surface area contributed by atoms with Crippen LogP contribution in [-0.4, -0.2) is 23.3 Å². The first-order valence-corrected chi connectivity index (χ1v) is 9.51. The highest BCUT2D eigenvalue weighted by atomic mass is 16.5. The summed E-state index contributed by atoms with van der Waals surface area (Å²) in [6.45, 7) is 17.1. The molecule has 25 heavy (non-hydrogen) atoms. The third-order valence-corrected chi connectivity index (χ3v) is 6.85. The van der Waals surface area contributed by atoms with Crippen LogP contribution in [0, 0.1) is 22.7 Å². The Hall–Kier alpha value is -1.35. The van der Waals surface area contributed by atoms with Gasteiger partial charge in [0.05, 0.1) is 5.41 Å². The van der Waals surface area contributed by atoms with E-state index in [1.54, 1.807) is 0 Å². The van der Waals surface area contributed by atoms with Crippen LogP contribution in [0.3, 0.4) is 0 Å². The van der Waals surface area contributed by atoms with Crippen molar-refractivity contribution in [1.82, 2.24) is 0 Å². The van der Waals surface area contributed by atoms with Crippen LogP contribution in [0.5, 0.6) is 0 Å². The Morgan fingerprint density at radius 1 is 1.44 bits per heavy atom. The van der Waals surface area contributed by atoms with Crippen LogP contribution in [0.4, 0.5) is 0 Å². The van der Waals surface area contributed by atoms with Crippen molar-refractivity contribution in [3.05, 3.63) is 37.0 Å². The second kappa shape index (κ2) is 7.11. The van der Waals surface area contributed by atoms with Crippen LogP contribution in [0.1, 0.15) is 59.8 Å². The van der Waals surface area contributed by atoms with Gasteiger partial charge in [0.2, 0.25) is 0 Å². The van der Waals surface area contributed by atoms with Gasteiger partial charge in [-0.15, -0.1) is 0 Å². The van der Waals surface area contributed by atoms with Crippen LogP contribution in [-0.2, 0) is 9.53 Å². The number of rotatable bonds is 6. The number of aliphatic carboxylic acids is 1. The predicted octanol–water partition coefficient (Wildman–Crippen LogP) is 5.39. The predicted molar refractivity (Wildman–Crippen MR) is 102 cm³/mol. The smallest absolute Gasteiger partial charge is 0.309 e. The van der Waals surface area contributed by atoms with Crippen LogP contribution in [0.15, 0.2) is 37.0 Å². The molecule has 2 aliphatic rings. The van der Waals surface area contributed by atoms with Crippen molar-refractivity contribution in [2.45, 2.75) is 65.4 Å². The molecular formula is C22H34O3. The van der Waals surface area contributed by atoms with E-state index in [0.717, 1.165) is 32.1 Å². The average Bonchev–Trinajstić information content (AvgIpc) is 2.54. The largest absolute Gasteiger partial charge is 0.481 e. The van der Waals surface area contributed by atoms with Gasteiger partial charge in [0.1, 0.15) is 5.60 Å². The molecule has 1 N–H and O–H groups in total. The van der Waals surface area contributed by atoms with Crippen LogP contribution in [0.2, 0.25) is 0 Å². The van der Waals surface area contributed by atoms with Gasteiger partial charge >= 0.3 is 5.97 Å². The van der Waals surface area contributed by atoms with Gasteiger partial charge in [0, 0.05) is 12.5 Å². The molecule has 0 heterocycles. The fourth-order valence-electron chi connectivity index (χ4n) is 5.27. The quantitative estimate of drug-likeness (QED) is 0.656. The number of allylic oxidation sites excluding steroid dienone is 2. The number of hydrogen-bond donors (Lipinski definition) is 1. The van der Waals surface area contributed by atoms with Crippen molar-refractivity contribution in [2.75, 3.05) is 6.61 Å². The van der Waals surface area contributed by atoms with E-state index in [1.165, 1.54) is 5.57 Å². The third kappa shape index (κ3) is 3.48. The molecule has 0 bridgehead atoms. The summed E-state index contributed by atoms with van der Waals surface area (Å²) < 4.78 is 5.82. The minimum atomic E-state index is -0.649. The van der Waals surface area contributed by atoms with E-state index in [2.05, 4.69) is 32.2 Å². The third-order valence-electron chi connectivity index (χ3n) is 6.85. The van der Waals surface area contributed by atoms with E-state index in [1.807, 2.05) is 26.8 Å². The molecule has 0 amide bonds. The zero-order valence-electron chi connectivity index (χ0n) is 16.3. The maximum absolute atomic E-state index is 12.0. The Bertz CT molecular complexity index is 578. The Balaban J connectivity index is 2.38. The number of carboxylic acids is 1. The maximum Gasteiger partial charge on any atom is 0.309 e. The van der Waals surface area contributed by atoms with Gasteiger partial charge in [0.25, 0.3) is 0 Å². The Labute approximate surface area is 152 Å². The number of fused-ring (bicyclic) bond motifs is 1. The summed E-state index contributed by atoms with van der Waals surface area (Å²) in [5.41, 5.74) is 0.0170. The highest BCUT2D eigenvalue weighted by molar-refractivity contribution is 5.75. The van der Waals surface area contributed by atoms with Gasteiger partial charge in [-0.05, 0) is 57.8 Å². The monoisotopic (exact) mass is 346 g/mol. The van der Waals surface area contributed by atoms with Gasteiger partial charge < -0.3 is 9.84 Å². The highest BCUT2D eigenvalue weighted by Gasteiger charge is 2.57. The van der Waals surface area contributed by atoms with E-state index in [9.17, 15) is 9.90 Å². The van der Waals surface area contributed by atoms with E-state index in [-0.39, 0.29) is 17.3 Å². The maximum atomic E-state index is 12.0. The summed E-state index contributed by atoms with van der Waals surface area (Å²) in [5.74, 6) is -0.289. The van der Waals surface area contributed by atoms with Crippen LogP contribution >= 0.6 is 0 Å². The molecule has 140 valence electrons. The summed E-state index contributed by atoms with van der Waals surface area (Å²) in [6, 6.07) is 0. The summed E-state index contributed by atoms with van der Waals surface area (Å²) in [5, 5.41) is 9.90. The molecule has 3 heteroatoms. The van der Waals surface area contributed by atoms with Gasteiger partial charge in [-0.3, -0.25) is 4.79 Å². The average molecular weight is 347 g/mol. The van der Waals surface area contributed by atoms with Crippen LogP contribution in [0.25, 0.3) is 0 Å². The van der Waals surface area contributed by atoms with Crippen molar-refractivity contribution in [2.24, 2.45) is 22.7 Å². The molecule has 2 fully saturated rings. The van der Waals surface area contributed by atoms with Crippen molar-refractivity contribution in [3.63, 3.8) is 0 Å². The molecule has 5 atom stereocenters. The molecule has 2 saturated carbocycles. The van der Waals surface area contributed by atoms with Gasteiger partial charge in [-0.2, -0.15) is 0 Å². The fraction of sp³-hybridized carbons (Fsp3) is 0.682. The first-order chi connectivity index (χ1) is 11.6. The van der Waals surface area contributed by atoms with Crippen molar-refractivity contribution >= 4 is 5.97 Å². The molecule has 2 rings (SSSR count). The second-order valence-corrected chi connectivity index (χ2v) is 8.49. The number of carbonyl (C=O) groups is 1. The molecule has 0 saturated heterocycles. The van der Waals surface area contributed by atoms with E-state index in [0.29, 0.717) is 6.61 Å². The van der Waals surface area contributed by atoms with E-state index < -0.39 is 17.0 Å². The zero-order chi connectivity index (χ0) is 18.9. The molecule has 0 aromatic rings. The molecular weight excluding hydrogens is 312 g/mol. The molecule has 0 aromatic carbocycles. The summed E-state index contributed by atoms with van der Waals surface area (Å²) in [4.78, 5) is 12.0. The lowest BCUT2D eigenvalue weighted by molar-refractivity contribution is -0.162. The molecule has 2 aliphatic carbocycles. The van der Waals surface area contributed by atoms with Crippen LogP contribution < -0.4 is 0 Å². The fourth-order valence-corrected chi connectivity index (χ4v) is 5.27. The zero-order valence-corrected chi connectivity index (χ0v) is 16.3. The summed E-state index contributed by atoms with van der Waals surface area (Å²) in [6.07, 6.45) is 10.7. The Morgan fingerprint density at radius 2 is 2.12 bits per heavy atom. The number of hydrogen-bond acceptors (Lipinski definition) is 2. The minimum absolute atomic E-state index is 0.0640. The van der Waals surface area contributed by atoms with Gasteiger partial charge in [-0.25, -0.2) is 0 Å². The van der Waals surface area contributed by atoms with Crippen molar-refractivity contribution < 1.29 is 14.6 Å². The summed E-state index contributed by atoms with van der Waals surface area (Å²) in [7, 11) is 0. The standard InChI is InChI=1S/C22H34O3/c1-7-20(4,25-8-2)15-12-17-16(3)10-11-18-21(17,5)13-9-14-22(18,6)19(23)24/h7,12,15,17-18H,1,3,8-11,13-14H2,2,4-6H3,(H,23,24). The lowest BCUT2D eigenvalue weighted by Gasteiger charge is -2.56. The van der Waals surface area contributed by atoms with Gasteiger partial charge in [0.15, 0.2) is 0 Å². The molecule has 0 radical (unpaired) electrons.